The fourth-order valence-electron chi connectivity index (χ4n) is 0.723. The van der Waals surface area contributed by atoms with Crippen LogP contribution in [0.5, 0.6) is 0 Å². The highest BCUT2D eigenvalue weighted by Crippen LogP contribution is 2.28. The van der Waals surface area contributed by atoms with E-state index < -0.39 is 6.43 Å². The molecular weight excluding hydrogens is 216 g/mol. The molecule has 1 aromatic heterocycles. The Labute approximate surface area is 71.6 Å². The van der Waals surface area contributed by atoms with E-state index in [1.807, 2.05) is 0 Å². The van der Waals surface area contributed by atoms with E-state index in [0.29, 0.717) is 4.47 Å². The highest BCUT2D eigenvalue weighted by atomic mass is 79.9. The molecule has 0 saturated heterocycles. The largest absolute Gasteiger partial charge is 0.266 e. The molecule has 0 N–H and O–H groups in total. The molecule has 0 spiro atoms. The van der Waals surface area contributed by atoms with Crippen molar-refractivity contribution in [2.45, 2.75) is 13.3 Å². The van der Waals surface area contributed by atoms with Crippen molar-refractivity contribution in [3.05, 3.63) is 28.0 Å². The van der Waals surface area contributed by atoms with E-state index in [0.717, 1.165) is 5.56 Å². The molecule has 0 aliphatic heterocycles. The molecule has 0 aromatic carbocycles. The molecule has 1 aromatic rings. The Bertz CT molecular complexity index is 263. The number of halogens is 3. The van der Waals surface area contributed by atoms with Gasteiger partial charge in [0.25, 0.3) is 6.43 Å². The van der Waals surface area contributed by atoms with Gasteiger partial charge >= 0.3 is 0 Å². The summed E-state index contributed by atoms with van der Waals surface area (Å²) in [4.78, 5) is 3.66. The topological polar surface area (TPSA) is 12.9 Å². The molecule has 60 valence electrons. The number of nitrogens with zero attached hydrogens (tertiary/aromatic N) is 1. The van der Waals surface area contributed by atoms with Gasteiger partial charge in [-0.2, -0.15) is 0 Å². The predicted molar refractivity (Wildman–Crippen MR) is 41.6 cm³/mol. The minimum atomic E-state index is -2.46. The van der Waals surface area contributed by atoms with Gasteiger partial charge in [0.1, 0.15) is 0 Å². The van der Waals surface area contributed by atoms with Gasteiger partial charge in [0.05, 0.1) is 5.56 Å². The van der Waals surface area contributed by atoms with Crippen LogP contribution in [0.3, 0.4) is 0 Å². The van der Waals surface area contributed by atoms with Crippen LogP contribution in [0.15, 0.2) is 16.9 Å². The normalized spacial score (nSPS) is 10.6. The van der Waals surface area contributed by atoms with Crippen molar-refractivity contribution in [3.63, 3.8) is 0 Å². The van der Waals surface area contributed by atoms with Crippen molar-refractivity contribution in [1.29, 1.82) is 0 Å². The Hall–Kier alpha value is -0.510. The Morgan fingerprint density at radius 3 is 2.55 bits per heavy atom. The first-order valence-corrected chi connectivity index (χ1v) is 3.80. The second-order valence-electron chi connectivity index (χ2n) is 2.16. The summed E-state index contributed by atoms with van der Waals surface area (Å²) in [5.41, 5.74) is 0.674. The monoisotopic (exact) mass is 221 g/mol. The third-order valence-corrected chi connectivity index (χ3v) is 2.40. The molecule has 11 heavy (non-hydrogen) atoms. The second kappa shape index (κ2) is 3.26. The first-order valence-electron chi connectivity index (χ1n) is 3.01. The fraction of sp³-hybridized carbons (Fsp3) is 0.286. The van der Waals surface area contributed by atoms with Crippen molar-refractivity contribution >= 4 is 15.9 Å². The summed E-state index contributed by atoms with van der Waals surface area (Å²) in [6.45, 7) is 1.73. The van der Waals surface area contributed by atoms with Crippen molar-refractivity contribution in [2.75, 3.05) is 0 Å². The minimum absolute atomic E-state index is 0.0509. The molecule has 0 fully saturated rings. The van der Waals surface area contributed by atoms with Crippen molar-refractivity contribution < 1.29 is 8.78 Å². The lowest BCUT2D eigenvalue weighted by atomic mass is 10.2. The molecular formula is C7H6BrF2N. The quantitative estimate of drug-likeness (QED) is 0.711. The van der Waals surface area contributed by atoms with Gasteiger partial charge < -0.3 is 0 Å². The van der Waals surface area contributed by atoms with Crippen LogP contribution in [0, 0.1) is 6.92 Å². The molecule has 1 nitrogen and oxygen atoms in total. The average molecular weight is 222 g/mol. The van der Waals surface area contributed by atoms with Gasteiger partial charge in [-0.05, 0) is 28.4 Å². The van der Waals surface area contributed by atoms with Crippen LogP contribution < -0.4 is 0 Å². The number of aromatic nitrogens is 1. The van der Waals surface area contributed by atoms with Gasteiger partial charge in [0.2, 0.25) is 0 Å². The average Bonchev–Trinajstić information content (AvgIpc) is 1.94. The molecule has 0 atom stereocenters. The highest BCUT2D eigenvalue weighted by Gasteiger charge is 2.12. The van der Waals surface area contributed by atoms with Crippen LogP contribution in [0.4, 0.5) is 8.78 Å². The first kappa shape index (κ1) is 8.59. The second-order valence-corrected chi connectivity index (χ2v) is 2.95. The number of pyridine rings is 1. The maximum absolute atomic E-state index is 12.1. The number of hydrogen-bond acceptors (Lipinski definition) is 1. The summed E-state index contributed by atoms with van der Waals surface area (Å²) >= 11 is 3.06. The van der Waals surface area contributed by atoms with Crippen LogP contribution >= 0.6 is 15.9 Å². The van der Waals surface area contributed by atoms with E-state index in [1.165, 1.54) is 12.4 Å². The van der Waals surface area contributed by atoms with Gasteiger partial charge in [-0.1, -0.05) is 0 Å². The Kier molecular flexibility index (Phi) is 2.54. The number of aryl methyl sites for hydroxylation is 1. The lowest BCUT2D eigenvalue weighted by Crippen LogP contribution is -1.90. The minimum Gasteiger partial charge on any atom is -0.264 e. The van der Waals surface area contributed by atoms with E-state index in [4.69, 9.17) is 0 Å². The zero-order valence-electron chi connectivity index (χ0n) is 5.81. The standard InChI is InChI=1S/C7H6BrF2N/c1-4-2-11-3-5(6(4)8)7(9)10/h2-3,7H,1H3. The van der Waals surface area contributed by atoms with E-state index in [1.54, 1.807) is 6.92 Å². The van der Waals surface area contributed by atoms with Crippen LogP contribution in [-0.4, -0.2) is 4.98 Å². The third kappa shape index (κ3) is 1.74. The smallest absolute Gasteiger partial charge is 0.264 e. The van der Waals surface area contributed by atoms with E-state index >= 15 is 0 Å². The Morgan fingerprint density at radius 2 is 2.09 bits per heavy atom. The molecule has 0 aliphatic rings. The van der Waals surface area contributed by atoms with Crippen LogP contribution in [0.2, 0.25) is 0 Å². The Balaban J connectivity index is 3.17. The SMILES string of the molecule is Cc1cncc(C(F)F)c1Br. The Morgan fingerprint density at radius 1 is 1.45 bits per heavy atom. The first-order chi connectivity index (χ1) is 5.13. The summed E-state index contributed by atoms with van der Waals surface area (Å²) in [6, 6.07) is 0. The van der Waals surface area contributed by atoms with Gasteiger partial charge in [-0.25, -0.2) is 8.78 Å². The van der Waals surface area contributed by atoms with Gasteiger partial charge in [-0.3, -0.25) is 4.98 Å². The molecule has 0 saturated carbocycles. The molecule has 0 amide bonds. The number of hydrogen-bond donors (Lipinski definition) is 0. The van der Waals surface area contributed by atoms with Crippen molar-refractivity contribution in [1.82, 2.24) is 4.98 Å². The molecule has 0 bridgehead atoms. The van der Waals surface area contributed by atoms with E-state index in [-0.39, 0.29) is 5.56 Å². The summed E-state index contributed by atoms with van der Waals surface area (Å²) < 4.78 is 24.7. The van der Waals surface area contributed by atoms with Crippen LogP contribution in [-0.2, 0) is 0 Å². The van der Waals surface area contributed by atoms with Crippen molar-refractivity contribution in [2.24, 2.45) is 0 Å². The maximum Gasteiger partial charge on any atom is 0.266 e. The summed E-state index contributed by atoms with van der Waals surface area (Å²) in [5.74, 6) is 0. The van der Waals surface area contributed by atoms with Crippen LogP contribution in [0.25, 0.3) is 0 Å². The molecule has 1 heterocycles. The summed E-state index contributed by atoms with van der Waals surface area (Å²) in [6.07, 6.45) is 0.245. The zero-order valence-corrected chi connectivity index (χ0v) is 7.40. The fourth-order valence-corrected chi connectivity index (χ4v) is 1.10. The van der Waals surface area contributed by atoms with E-state index in [9.17, 15) is 8.78 Å². The molecule has 1 rings (SSSR count). The number of alkyl halides is 2. The van der Waals surface area contributed by atoms with Gasteiger partial charge in [0.15, 0.2) is 0 Å². The van der Waals surface area contributed by atoms with Gasteiger partial charge in [0, 0.05) is 16.9 Å². The maximum atomic E-state index is 12.1. The van der Waals surface area contributed by atoms with Crippen LogP contribution in [0.1, 0.15) is 17.6 Å². The lowest BCUT2D eigenvalue weighted by molar-refractivity contribution is 0.150. The number of rotatable bonds is 1. The lowest BCUT2D eigenvalue weighted by Gasteiger charge is -2.03. The zero-order chi connectivity index (χ0) is 8.43. The molecule has 0 unspecified atom stereocenters. The molecule has 0 aliphatic carbocycles. The summed E-state index contributed by atoms with van der Waals surface area (Å²) in [5, 5.41) is 0. The van der Waals surface area contributed by atoms with Gasteiger partial charge in [-0.15, -0.1) is 0 Å². The highest BCUT2D eigenvalue weighted by molar-refractivity contribution is 9.10. The molecule has 4 heteroatoms. The predicted octanol–water partition coefficient (Wildman–Crippen LogP) is 3.09. The van der Waals surface area contributed by atoms with Crippen molar-refractivity contribution in [3.8, 4) is 0 Å². The third-order valence-electron chi connectivity index (χ3n) is 1.32. The van der Waals surface area contributed by atoms with E-state index in [2.05, 4.69) is 20.9 Å². The summed E-state index contributed by atoms with van der Waals surface area (Å²) in [7, 11) is 0. The molecule has 0 radical (unpaired) electrons.